The molecule has 9 heteroatoms. The Hall–Kier alpha value is -2.94. The molecular weight excluding hydrogens is 470 g/mol. The Balaban J connectivity index is 0.00000289. The molecule has 1 aromatic carbocycles. The predicted molar refractivity (Wildman–Crippen MR) is 135 cm³/mol. The highest BCUT2D eigenvalue weighted by molar-refractivity contribution is 5.87. The number of likely N-dealkylation sites (N-methyl/N-ethyl adjacent to an activating group) is 1. The summed E-state index contributed by atoms with van der Waals surface area (Å²) in [6.45, 7) is 9.69. The molecule has 2 aliphatic rings. The Kier molecular flexibility index (Phi) is 6.90. The number of hydrogen-bond donors (Lipinski definition) is 1. The predicted octanol–water partition coefficient (Wildman–Crippen LogP) is 3.22. The maximum Gasteiger partial charge on any atom is 0.343 e. The van der Waals surface area contributed by atoms with Crippen LogP contribution in [0.25, 0.3) is 22.3 Å². The van der Waals surface area contributed by atoms with E-state index in [1.54, 1.807) is 17.6 Å². The van der Waals surface area contributed by atoms with Gasteiger partial charge < -0.3 is 24.0 Å². The van der Waals surface area contributed by atoms with Crippen molar-refractivity contribution in [3.63, 3.8) is 0 Å². The minimum absolute atomic E-state index is 0. The highest BCUT2D eigenvalue weighted by atomic mass is 35.5. The van der Waals surface area contributed by atoms with E-state index < -0.39 is 11.6 Å². The molecule has 2 aromatic heterocycles. The van der Waals surface area contributed by atoms with Crippen LogP contribution in [0.1, 0.15) is 43.9 Å². The second-order valence-corrected chi connectivity index (χ2v) is 8.83. The third-order valence-corrected chi connectivity index (χ3v) is 7.05. The SMILES string of the molecule is CCN(CC)CCOc1ccc2nc3c(cc2c1)Cn1c-3cc2c(c1=O)COC(=O)[C@]2(O)CC.Cl. The number of hydrogen-bond acceptors (Lipinski definition) is 7. The molecule has 186 valence electrons. The molecule has 5 rings (SSSR count). The molecular formula is C26H30ClN3O5. The van der Waals surface area contributed by atoms with E-state index in [0.717, 1.165) is 41.9 Å². The van der Waals surface area contributed by atoms with Crippen LogP contribution in [-0.2, 0) is 28.3 Å². The van der Waals surface area contributed by atoms with Gasteiger partial charge in [0.2, 0.25) is 0 Å². The van der Waals surface area contributed by atoms with Crippen LogP contribution in [0.2, 0.25) is 0 Å². The number of pyridine rings is 2. The first-order valence-electron chi connectivity index (χ1n) is 11.9. The van der Waals surface area contributed by atoms with Gasteiger partial charge in [-0.2, -0.15) is 0 Å². The number of cyclic esters (lactones) is 1. The maximum absolute atomic E-state index is 13.3. The number of esters is 1. The van der Waals surface area contributed by atoms with Crippen LogP contribution < -0.4 is 10.3 Å². The van der Waals surface area contributed by atoms with E-state index in [1.807, 2.05) is 24.3 Å². The van der Waals surface area contributed by atoms with Crippen LogP contribution in [0.4, 0.5) is 0 Å². The summed E-state index contributed by atoms with van der Waals surface area (Å²) in [7, 11) is 0. The molecule has 0 amide bonds. The Morgan fingerprint density at radius 2 is 1.94 bits per heavy atom. The normalized spacial score (nSPS) is 18.0. The molecule has 0 aliphatic carbocycles. The second-order valence-electron chi connectivity index (χ2n) is 8.83. The van der Waals surface area contributed by atoms with Crippen LogP contribution >= 0.6 is 12.4 Å². The summed E-state index contributed by atoms with van der Waals surface area (Å²) < 4.78 is 12.7. The van der Waals surface area contributed by atoms with Gasteiger partial charge in [0.1, 0.15) is 19.0 Å². The van der Waals surface area contributed by atoms with Crippen molar-refractivity contribution >= 4 is 29.3 Å². The van der Waals surface area contributed by atoms with Gasteiger partial charge in [0.25, 0.3) is 5.56 Å². The van der Waals surface area contributed by atoms with E-state index in [0.29, 0.717) is 35.7 Å². The van der Waals surface area contributed by atoms with E-state index in [-0.39, 0.29) is 31.0 Å². The number of halogens is 1. The van der Waals surface area contributed by atoms with E-state index in [2.05, 4.69) is 18.7 Å². The Labute approximate surface area is 209 Å². The van der Waals surface area contributed by atoms with Gasteiger partial charge in [-0.15, -0.1) is 12.4 Å². The fraction of sp³-hybridized carbons (Fsp3) is 0.423. The number of aliphatic hydroxyl groups is 1. The lowest BCUT2D eigenvalue weighted by Crippen LogP contribution is -2.44. The quantitative estimate of drug-likeness (QED) is 0.390. The van der Waals surface area contributed by atoms with E-state index in [1.165, 1.54) is 0 Å². The first-order chi connectivity index (χ1) is 16.4. The Morgan fingerprint density at radius 1 is 1.17 bits per heavy atom. The molecule has 1 N–H and O–H groups in total. The first kappa shape index (κ1) is 25.2. The van der Waals surface area contributed by atoms with Gasteiger partial charge in [-0.25, -0.2) is 9.78 Å². The van der Waals surface area contributed by atoms with Gasteiger partial charge in [0, 0.05) is 23.1 Å². The molecule has 4 heterocycles. The number of ether oxygens (including phenoxy) is 2. The molecule has 0 radical (unpaired) electrons. The molecule has 0 spiro atoms. The van der Waals surface area contributed by atoms with E-state index in [4.69, 9.17) is 14.5 Å². The number of nitrogens with zero attached hydrogens (tertiary/aromatic N) is 3. The van der Waals surface area contributed by atoms with Crippen molar-refractivity contribution < 1.29 is 19.4 Å². The van der Waals surface area contributed by atoms with Crippen LogP contribution in [0.15, 0.2) is 35.1 Å². The van der Waals surface area contributed by atoms with Crippen LogP contribution in [0.3, 0.4) is 0 Å². The highest BCUT2D eigenvalue weighted by Gasteiger charge is 2.45. The molecule has 3 aromatic rings. The average molecular weight is 500 g/mol. The van der Waals surface area contributed by atoms with Gasteiger partial charge >= 0.3 is 5.97 Å². The summed E-state index contributed by atoms with van der Waals surface area (Å²) >= 11 is 0. The smallest absolute Gasteiger partial charge is 0.343 e. The fourth-order valence-corrected chi connectivity index (χ4v) is 4.89. The molecule has 0 saturated carbocycles. The van der Waals surface area contributed by atoms with Gasteiger partial charge in [0.15, 0.2) is 5.60 Å². The van der Waals surface area contributed by atoms with Crippen molar-refractivity contribution in [2.24, 2.45) is 0 Å². The molecule has 2 aliphatic heterocycles. The van der Waals surface area contributed by atoms with Crippen molar-refractivity contribution in [1.82, 2.24) is 14.5 Å². The Morgan fingerprint density at radius 3 is 2.66 bits per heavy atom. The largest absolute Gasteiger partial charge is 0.492 e. The second kappa shape index (κ2) is 9.60. The molecule has 0 fully saturated rings. The summed E-state index contributed by atoms with van der Waals surface area (Å²) in [5.74, 6) is 0.0679. The van der Waals surface area contributed by atoms with Crippen molar-refractivity contribution in [2.45, 2.75) is 45.9 Å². The first-order valence-corrected chi connectivity index (χ1v) is 11.9. The van der Waals surface area contributed by atoms with E-state index in [9.17, 15) is 14.7 Å². The minimum atomic E-state index is -1.82. The van der Waals surface area contributed by atoms with Crippen LogP contribution in [-0.4, -0.2) is 51.8 Å². The molecule has 0 bridgehead atoms. The Bertz CT molecular complexity index is 1350. The van der Waals surface area contributed by atoms with Crippen molar-refractivity contribution in [1.29, 1.82) is 0 Å². The van der Waals surface area contributed by atoms with Crippen LogP contribution in [0.5, 0.6) is 5.75 Å². The van der Waals surface area contributed by atoms with E-state index >= 15 is 0 Å². The van der Waals surface area contributed by atoms with Crippen molar-refractivity contribution in [3.05, 3.63) is 57.4 Å². The number of rotatable bonds is 7. The monoisotopic (exact) mass is 499 g/mol. The lowest BCUT2D eigenvalue weighted by atomic mass is 9.86. The lowest BCUT2D eigenvalue weighted by Gasteiger charge is -2.31. The van der Waals surface area contributed by atoms with Crippen molar-refractivity contribution in [3.8, 4) is 17.1 Å². The number of carbonyl (C=O) groups excluding carboxylic acids is 1. The number of aromatic nitrogens is 2. The molecule has 0 saturated heterocycles. The lowest BCUT2D eigenvalue weighted by molar-refractivity contribution is -0.172. The zero-order valence-electron chi connectivity index (χ0n) is 20.2. The third-order valence-electron chi connectivity index (χ3n) is 7.05. The topological polar surface area (TPSA) is 93.9 Å². The molecule has 0 unspecified atom stereocenters. The van der Waals surface area contributed by atoms with Crippen molar-refractivity contribution in [2.75, 3.05) is 26.2 Å². The summed E-state index contributed by atoms with van der Waals surface area (Å²) in [5.41, 5.74) is 1.59. The average Bonchev–Trinajstić information content (AvgIpc) is 3.21. The summed E-state index contributed by atoms with van der Waals surface area (Å²) in [4.78, 5) is 32.7. The number of carbonyl (C=O) groups is 1. The van der Waals surface area contributed by atoms with Crippen LogP contribution in [0, 0.1) is 0 Å². The zero-order valence-corrected chi connectivity index (χ0v) is 21.0. The third kappa shape index (κ3) is 4.09. The van der Waals surface area contributed by atoms with Gasteiger partial charge in [0.05, 0.1) is 29.0 Å². The summed E-state index contributed by atoms with van der Waals surface area (Å²) in [5, 5.41) is 11.9. The number of benzene rings is 1. The highest BCUT2D eigenvalue weighted by Crippen LogP contribution is 2.38. The molecule has 1 atom stereocenters. The molecule has 8 nitrogen and oxygen atoms in total. The summed E-state index contributed by atoms with van der Waals surface area (Å²) in [6, 6.07) is 9.57. The van der Waals surface area contributed by atoms with Gasteiger partial charge in [-0.05, 0) is 49.8 Å². The zero-order chi connectivity index (χ0) is 24.0. The number of fused-ring (bicyclic) bond motifs is 5. The minimum Gasteiger partial charge on any atom is -0.492 e. The standard InChI is InChI=1S/C26H29N3O5.ClH/c1-4-26(32)20-13-22-23-17(14-29(22)24(30)19(20)15-34-25(26)31)11-16-12-18(7-8-21(16)27-23)33-10-9-28(5-2)6-3;/h7-8,11-13,32H,4-6,9-10,14-15H2,1-3H3;1H/t26-;/m0./s1. The maximum atomic E-state index is 13.3. The van der Waals surface area contributed by atoms with Gasteiger partial charge in [-0.1, -0.05) is 20.8 Å². The van der Waals surface area contributed by atoms with Gasteiger partial charge in [-0.3, -0.25) is 4.79 Å². The fourth-order valence-electron chi connectivity index (χ4n) is 4.89. The molecule has 35 heavy (non-hydrogen) atoms. The summed E-state index contributed by atoms with van der Waals surface area (Å²) in [6.07, 6.45) is 0.122.